The SMILES string of the molecule is Cc1ccc(/C=N/NC(=S)NCCCN2CCOCC2)o1. The number of hydrogen-bond acceptors (Lipinski definition) is 5. The van der Waals surface area contributed by atoms with Crippen LogP contribution < -0.4 is 10.7 Å². The summed E-state index contributed by atoms with van der Waals surface area (Å²) in [6.07, 6.45) is 2.65. The Morgan fingerprint density at radius 3 is 2.95 bits per heavy atom. The van der Waals surface area contributed by atoms with Crippen molar-refractivity contribution in [1.29, 1.82) is 0 Å². The van der Waals surface area contributed by atoms with Gasteiger partial charge in [-0.25, -0.2) is 0 Å². The average Bonchev–Trinajstić information content (AvgIpc) is 2.90. The van der Waals surface area contributed by atoms with Crippen molar-refractivity contribution in [2.24, 2.45) is 5.10 Å². The number of ether oxygens (including phenoxy) is 1. The van der Waals surface area contributed by atoms with Crippen LogP contribution in [0, 0.1) is 6.92 Å². The first-order valence-corrected chi connectivity index (χ1v) is 7.58. The number of hydrogen-bond donors (Lipinski definition) is 2. The average molecular weight is 310 g/mol. The van der Waals surface area contributed by atoms with E-state index < -0.39 is 0 Å². The first kappa shape index (κ1) is 15.9. The van der Waals surface area contributed by atoms with E-state index in [0.29, 0.717) is 10.9 Å². The first-order valence-electron chi connectivity index (χ1n) is 7.17. The summed E-state index contributed by atoms with van der Waals surface area (Å²) >= 11 is 5.14. The molecule has 1 fully saturated rings. The van der Waals surface area contributed by atoms with Gasteiger partial charge in [0.1, 0.15) is 11.5 Å². The normalized spacial score (nSPS) is 16.2. The number of morpholine rings is 1. The molecule has 2 heterocycles. The van der Waals surface area contributed by atoms with Crippen LogP contribution in [0.4, 0.5) is 0 Å². The Morgan fingerprint density at radius 1 is 1.43 bits per heavy atom. The van der Waals surface area contributed by atoms with Crippen molar-refractivity contribution >= 4 is 23.5 Å². The van der Waals surface area contributed by atoms with E-state index in [9.17, 15) is 0 Å². The molecule has 21 heavy (non-hydrogen) atoms. The maximum Gasteiger partial charge on any atom is 0.186 e. The van der Waals surface area contributed by atoms with Crippen molar-refractivity contribution in [3.8, 4) is 0 Å². The molecule has 0 spiro atoms. The molecule has 2 rings (SSSR count). The third-order valence-corrected chi connectivity index (χ3v) is 3.40. The maximum atomic E-state index is 5.36. The smallest absolute Gasteiger partial charge is 0.186 e. The molecule has 116 valence electrons. The molecule has 0 saturated carbocycles. The van der Waals surface area contributed by atoms with Gasteiger partial charge in [-0.05, 0) is 44.2 Å². The number of nitrogens with zero attached hydrogens (tertiary/aromatic N) is 2. The van der Waals surface area contributed by atoms with E-state index in [0.717, 1.165) is 51.6 Å². The summed E-state index contributed by atoms with van der Waals surface area (Å²) in [5.41, 5.74) is 2.78. The zero-order valence-corrected chi connectivity index (χ0v) is 13.1. The van der Waals surface area contributed by atoms with E-state index in [1.165, 1.54) is 0 Å². The van der Waals surface area contributed by atoms with Crippen molar-refractivity contribution in [1.82, 2.24) is 15.6 Å². The molecule has 0 bridgehead atoms. The van der Waals surface area contributed by atoms with Gasteiger partial charge in [-0.15, -0.1) is 0 Å². The minimum absolute atomic E-state index is 0.525. The highest BCUT2D eigenvalue weighted by molar-refractivity contribution is 7.80. The molecule has 1 aromatic rings. The van der Waals surface area contributed by atoms with Gasteiger partial charge in [-0.2, -0.15) is 5.10 Å². The highest BCUT2D eigenvalue weighted by Crippen LogP contribution is 2.02. The van der Waals surface area contributed by atoms with Gasteiger partial charge in [-0.1, -0.05) is 0 Å². The molecule has 6 nitrogen and oxygen atoms in total. The van der Waals surface area contributed by atoms with Crippen LogP contribution in [0.2, 0.25) is 0 Å². The summed E-state index contributed by atoms with van der Waals surface area (Å²) in [6, 6.07) is 3.75. The van der Waals surface area contributed by atoms with E-state index in [4.69, 9.17) is 21.4 Å². The lowest BCUT2D eigenvalue weighted by atomic mass is 10.3. The Hall–Kier alpha value is -1.44. The fraction of sp³-hybridized carbons (Fsp3) is 0.571. The molecular formula is C14H22N4O2S. The lowest BCUT2D eigenvalue weighted by molar-refractivity contribution is 0.0376. The fourth-order valence-electron chi connectivity index (χ4n) is 2.05. The molecule has 0 radical (unpaired) electrons. The summed E-state index contributed by atoms with van der Waals surface area (Å²) in [7, 11) is 0. The molecule has 0 atom stereocenters. The van der Waals surface area contributed by atoms with Crippen LogP contribution in [0.3, 0.4) is 0 Å². The molecule has 0 aliphatic carbocycles. The second-order valence-corrected chi connectivity index (χ2v) is 5.29. The van der Waals surface area contributed by atoms with Gasteiger partial charge in [0.2, 0.25) is 0 Å². The van der Waals surface area contributed by atoms with Crippen molar-refractivity contribution in [2.45, 2.75) is 13.3 Å². The predicted octanol–water partition coefficient (Wildman–Crippen LogP) is 1.11. The van der Waals surface area contributed by atoms with Crippen LogP contribution in [0.5, 0.6) is 0 Å². The van der Waals surface area contributed by atoms with E-state index in [1.807, 2.05) is 19.1 Å². The van der Waals surface area contributed by atoms with Gasteiger partial charge < -0.3 is 14.5 Å². The summed E-state index contributed by atoms with van der Waals surface area (Å²) < 4.78 is 10.7. The van der Waals surface area contributed by atoms with E-state index in [-0.39, 0.29) is 0 Å². The molecule has 0 aromatic carbocycles. The quantitative estimate of drug-likeness (QED) is 0.355. The molecule has 1 aliphatic rings. The summed E-state index contributed by atoms with van der Waals surface area (Å²) in [5.74, 6) is 1.57. The van der Waals surface area contributed by atoms with E-state index in [1.54, 1.807) is 6.21 Å². The Kier molecular flexibility index (Phi) is 6.65. The van der Waals surface area contributed by atoms with Crippen molar-refractivity contribution in [3.63, 3.8) is 0 Å². The van der Waals surface area contributed by atoms with Gasteiger partial charge in [0.25, 0.3) is 0 Å². The van der Waals surface area contributed by atoms with Crippen molar-refractivity contribution in [2.75, 3.05) is 39.4 Å². The highest BCUT2D eigenvalue weighted by Gasteiger charge is 2.08. The largest absolute Gasteiger partial charge is 0.460 e. The Balaban J connectivity index is 1.54. The summed E-state index contributed by atoms with van der Waals surface area (Å²) in [5, 5.41) is 7.68. The zero-order chi connectivity index (χ0) is 14.9. The standard InChI is InChI=1S/C14H22N4O2S/c1-12-3-4-13(20-12)11-16-17-14(21)15-5-2-6-18-7-9-19-10-8-18/h3-4,11H,2,5-10H2,1H3,(H2,15,17,21)/b16-11+. The molecule has 0 amide bonds. The third-order valence-electron chi connectivity index (χ3n) is 3.16. The summed E-state index contributed by atoms with van der Waals surface area (Å²) in [4.78, 5) is 2.40. The summed E-state index contributed by atoms with van der Waals surface area (Å²) in [6.45, 7) is 7.52. The van der Waals surface area contributed by atoms with Crippen molar-refractivity contribution < 1.29 is 9.15 Å². The Morgan fingerprint density at radius 2 is 2.24 bits per heavy atom. The van der Waals surface area contributed by atoms with Crippen LogP contribution in [0.1, 0.15) is 17.9 Å². The second kappa shape index (κ2) is 8.76. The number of hydrazone groups is 1. The first-order chi connectivity index (χ1) is 10.2. The van der Waals surface area contributed by atoms with Gasteiger partial charge in [-0.3, -0.25) is 10.3 Å². The number of rotatable bonds is 6. The van der Waals surface area contributed by atoms with Crippen LogP contribution in [0.15, 0.2) is 21.7 Å². The zero-order valence-electron chi connectivity index (χ0n) is 12.3. The predicted molar refractivity (Wildman–Crippen MR) is 86.7 cm³/mol. The van der Waals surface area contributed by atoms with Gasteiger partial charge >= 0.3 is 0 Å². The van der Waals surface area contributed by atoms with Crippen LogP contribution >= 0.6 is 12.2 Å². The van der Waals surface area contributed by atoms with E-state index >= 15 is 0 Å². The monoisotopic (exact) mass is 310 g/mol. The minimum Gasteiger partial charge on any atom is -0.460 e. The van der Waals surface area contributed by atoms with Crippen LogP contribution in [0.25, 0.3) is 0 Å². The Labute approximate surface area is 130 Å². The number of thiocarbonyl (C=S) groups is 1. The number of nitrogens with one attached hydrogen (secondary N) is 2. The molecule has 0 unspecified atom stereocenters. The van der Waals surface area contributed by atoms with Gasteiger partial charge in [0.15, 0.2) is 5.11 Å². The topological polar surface area (TPSA) is 62.0 Å². The van der Waals surface area contributed by atoms with Gasteiger partial charge in [0.05, 0.1) is 19.4 Å². The van der Waals surface area contributed by atoms with Crippen molar-refractivity contribution in [3.05, 3.63) is 23.7 Å². The van der Waals surface area contributed by atoms with Crippen LogP contribution in [-0.4, -0.2) is 55.6 Å². The van der Waals surface area contributed by atoms with E-state index in [2.05, 4.69) is 20.7 Å². The minimum atomic E-state index is 0.525. The molecule has 1 aliphatic heterocycles. The van der Waals surface area contributed by atoms with Crippen LogP contribution in [-0.2, 0) is 4.74 Å². The highest BCUT2D eigenvalue weighted by atomic mass is 32.1. The van der Waals surface area contributed by atoms with Gasteiger partial charge in [0, 0.05) is 19.6 Å². The second-order valence-electron chi connectivity index (χ2n) is 4.88. The molecule has 1 saturated heterocycles. The lowest BCUT2D eigenvalue weighted by Crippen LogP contribution is -2.39. The number of furan rings is 1. The molecule has 2 N–H and O–H groups in total. The maximum absolute atomic E-state index is 5.36. The lowest BCUT2D eigenvalue weighted by Gasteiger charge is -2.26. The fourth-order valence-corrected chi connectivity index (χ4v) is 2.20. The molecule has 1 aromatic heterocycles. The molecule has 7 heteroatoms. The number of aryl methyl sites for hydroxylation is 1. The molecular weight excluding hydrogens is 288 g/mol. The third kappa shape index (κ3) is 6.24. The Bertz CT molecular complexity index is 469.